The molecule has 4 aromatic heterocycles. The summed E-state index contributed by atoms with van der Waals surface area (Å²) < 4.78 is 48.1. The standard InChI is InChI=1S/C34H48N10O13P2S2/c1-2-3-4-5-6-7-8-9-10-11-12-13-20(45)56-26-23(46)18(54-32(26)44-17-38-22-28(44)40-34(36)42-30(22)49)15-53-59(51,61)57-25-19(14-52-58(50)60)55-31(24(25)47)43-16-37-21-27(43)39-33(35)41-29(21)48/h15-17,19,23-26,31-32,46-47H,2-14H2,1H3,(H7-,35,36,39,40,41,42,48,49,50,51,60,61)/p+1/b18-15+/t19-,23+,24?,25+,26?,31?,32?,59?/m1/s1. The normalized spacial score (nSPS) is 24.6. The van der Waals surface area contributed by atoms with E-state index in [1.54, 1.807) is 0 Å². The number of ether oxygens (including phenoxy) is 3. The summed E-state index contributed by atoms with van der Waals surface area (Å²) in [5, 5.41) is 22.9. The van der Waals surface area contributed by atoms with Crippen LogP contribution in [0.1, 0.15) is 96.4 Å². The fraction of sp³-hybridized carbons (Fsp3) is 0.618. The van der Waals surface area contributed by atoms with Crippen LogP contribution in [0, 0.1) is 0 Å². The number of carbonyl (C=O) groups is 1. The number of aliphatic hydroxyl groups is 2. The van der Waals surface area contributed by atoms with Gasteiger partial charge in [0.2, 0.25) is 18.1 Å². The van der Waals surface area contributed by atoms with Gasteiger partial charge in [0.1, 0.15) is 49.8 Å². The number of hydrogen-bond donors (Lipinski definition) is 8. The van der Waals surface area contributed by atoms with Crippen LogP contribution in [0.2, 0.25) is 0 Å². The number of unbranched alkanes of at least 4 members (excludes halogenated alkanes) is 10. The Kier molecular flexibility index (Phi) is 15.9. The number of aliphatic hydroxyl groups excluding tert-OH is 2. The molecule has 334 valence electrons. The number of anilines is 2. The van der Waals surface area contributed by atoms with E-state index in [1.807, 2.05) is 0 Å². The fourth-order valence-electron chi connectivity index (χ4n) is 7.08. The minimum atomic E-state index is -4.46. The molecule has 4 aromatic rings. The molecule has 6 unspecified atom stereocenters. The maximum absolute atomic E-state index is 13.2. The molecule has 0 radical (unpaired) electrons. The lowest BCUT2D eigenvalue weighted by Crippen LogP contribution is -2.35. The maximum atomic E-state index is 13.2. The van der Waals surface area contributed by atoms with Gasteiger partial charge < -0.3 is 45.3 Å². The van der Waals surface area contributed by atoms with Crippen molar-refractivity contribution in [1.29, 1.82) is 0 Å². The number of thiol groups is 1. The number of hydrogen-bond acceptors (Lipinski definition) is 19. The molecule has 0 aromatic carbocycles. The van der Waals surface area contributed by atoms with E-state index in [2.05, 4.69) is 49.1 Å². The molecule has 61 heavy (non-hydrogen) atoms. The van der Waals surface area contributed by atoms with Crippen molar-refractivity contribution in [2.24, 2.45) is 0 Å². The van der Waals surface area contributed by atoms with E-state index in [-0.39, 0.29) is 46.4 Å². The molecule has 0 bridgehead atoms. The van der Waals surface area contributed by atoms with Crippen molar-refractivity contribution in [2.45, 2.75) is 127 Å². The molecule has 0 saturated carbocycles. The first kappa shape index (κ1) is 46.5. The molecule has 0 spiro atoms. The first-order chi connectivity index (χ1) is 29.2. The maximum Gasteiger partial charge on any atom is 0.582 e. The molecular weight excluding hydrogens is 883 g/mol. The number of imidazole rings is 2. The SMILES string of the molecule is CCCCCCCCCCCCCC(=O)OC1C(n2cnc3c(=O)[nH]c(N)nc32)O/C(=C/OP(O)(=S)O[C@@H]2C(O)C(n3cnc4c(=O)[nH]c(N)nc43)O[C@@H]2CO[P+](=O)S)[C@@H]1O. The highest BCUT2D eigenvalue weighted by molar-refractivity contribution is 8.39. The van der Waals surface area contributed by atoms with Gasteiger partial charge in [0.25, 0.3) is 11.1 Å². The summed E-state index contributed by atoms with van der Waals surface area (Å²) >= 11 is 9.00. The van der Waals surface area contributed by atoms with Crippen LogP contribution in [0.3, 0.4) is 0 Å². The van der Waals surface area contributed by atoms with Crippen LogP contribution in [-0.2, 0) is 48.9 Å². The Morgan fingerprint density at radius 3 is 2.03 bits per heavy atom. The number of aromatic amines is 2. The summed E-state index contributed by atoms with van der Waals surface area (Å²) in [7, 11) is -2.46. The Morgan fingerprint density at radius 1 is 0.934 bits per heavy atom. The van der Waals surface area contributed by atoms with Crippen LogP contribution in [0.4, 0.5) is 11.9 Å². The second-order valence-electron chi connectivity index (χ2n) is 14.5. The Morgan fingerprint density at radius 2 is 1.48 bits per heavy atom. The number of aromatic nitrogens is 8. The molecular formula is C34H49N10O13P2S2+. The third kappa shape index (κ3) is 11.5. The van der Waals surface area contributed by atoms with E-state index >= 15 is 0 Å². The third-order valence-electron chi connectivity index (χ3n) is 10.1. The molecule has 23 nitrogen and oxygen atoms in total. The van der Waals surface area contributed by atoms with Crippen molar-refractivity contribution >= 4 is 78.2 Å². The predicted molar refractivity (Wildman–Crippen MR) is 225 cm³/mol. The Bertz CT molecular complexity index is 2380. The molecule has 0 amide bonds. The lowest BCUT2D eigenvalue weighted by molar-refractivity contribution is -0.158. The highest BCUT2D eigenvalue weighted by Crippen LogP contribution is 2.50. The Labute approximate surface area is 358 Å². The smallest absolute Gasteiger partial charge is 0.464 e. The molecule has 2 aliphatic rings. The summed E-state index contributed by atoms with van der Waals surface area (Å²) in [6.07, 6.45) is 4.76. The average molecular weight is 932 g/mol. The van der Waals surface area contributed by atoms with Crippen LogP contribution < -0.4 is 22.6 Å². The Balaban J connectivity index is 1.15. The van der Waals surface area contributed by atoms with Gasteiger partial charge in [-0.25, -0.2) is 9.97 Å². The van der Waals surface area contributed by atoms with E-state index in [4.69, 9.17) is 51.1 Å². The molecule has 2 fully saturated rings. The highest BCUT2D eigenvalue weighted by atomic mass is 32.7. The van der Waals surface area contributed by atoms with Gasteiger partial charge in [0.15, 0.2) is 46.5 Å². The summed E-state index contributed by atoms with van der Waals surface area (Å²) in [5.41, 5.74) is 9.87. The number of fused-ring (bicyclic) bond motifs is 2. The first-order valence-electron chi connectivity index (χ1n) is 19.7. The second-order valence-corrected chi connectivity index (χ2v) is 19.0. The molecule has 2 saturated heterocycles. The van der Waals surface area contributed by atoms with Gasteiger partial charge in [-0.1, -0.05) is 71.1 Å². The monoisotopic (exact) mass is 931 g/mol. The lowest BCUT2D eigenvalue weighted by atomic mass is 10.1. The summed E-state index contributed by atoms with van der Waals surface area (Å²) in [6.45, 7) is -2.75. The number of nitrogen functional groups attached to an aromatic ring is 2. The van der Waals surface area contributed by atoms with Gasteiger partial charge in [-0.2, -0.15) is 9.97 Å². The Hall–Kier alpha value is -4.03. The molecule has 2 aliphatic heterocycles. The topological polar surface area (TPSA) is 329 Å². The fourth-order valence-corrected chi connectivity index (χ4v) is 8.84. The van der Waals surface area contributed by atoms with Gasteiger partial charge in [0, 0.05) is 18.2 Å². The molecule has 27 heteroatoms. The zero-order valence-corrected chi connectivity index (χ0v) is 36.5. The number of rotatable bonds is 22. The number of nitrogens with one attached hydrogen (secondary N) is 2. The summed E-state index contributed by atoms with van der Waals surface area (Å²) in [5.74, 6) is -1.49. The lowest BCUT2D eigenvalue weighted by Gasteiger charge is -2.24. The number of nitrogens with two attached hydrogens (primary N) is 2. The largest absolute Gasteiger partial charge is 0.582 e. The predicted octanol–water partition coefficient (Wildman–Crippen LogP) is 3.24. The first-order valence-corrected chi connectivity index (χ1v) is 24.6. The minimum absolute atomic E-state index is 0.0446. The number of H-pyrrole nitrogens is 2. The van der Waals surface area contributed by atoms with E-state index in [0.717, 1.165) is 38.3 Å². The van der Waals surface area contributed by atoms with Gasteiger partial charge in [-0.05, 0) is 11.0 Å². The van der Waals surface area contributed by atoms with Gasteiger partial charge in [-0.3, -0.25) is 38.0 Å². The highest BCUT2D eigenvalue weighted by Gasteiger charge is 2.50. The van der Waals surface area contributed by atoms with E-state index in [1.165, 1.54) is 54.0 Å². The number of nitrogens with zero attached hydrogens (tertiary/aromatic N) is 6. The quantitative estimate of drug-likeness (QED) is 0.0184. The van der Waals surface area contributed by atoms with Crippen LogP contribution in [0.25, 0.3) is 22.3 Å². The van der Waals surface area contributed by atoms with Crippen molar-refractivity contribution in [3.63, 3.8) is 0 Å². The zero-order chi connectivity index (χ0) is 43.8. The van der Waals surface area contributed by atoms with Crippen LogP contribution >= 0.6 is 26.2 Å². The van der Waals surface area contributed by atoms with Crippen LogP contribution in [0.5, 0.6) is 0 Å². The van der Waals surface area contributed by atoms with Gasteiger partial charge in [0.05, 0.1) is 6.33 Å². The van der Waals surface area contributed by atoms with Crippen LogP contribution in [0.15, 0.2) is 34.3 Å². The van der Waals surface area contributed by atoms with Gasteiger partial charge >= 0.3 is 19.9 Å². The van der Waals surface area contributed by atoms with E-state index in [0.29, 0.717) is 6.42 Å². The minimum Gasteiger partial charge on any atom is -0.464 e. The average Bonchev–Trinajstić information content (AvgIpc) is 3.96. The summed E-state index contributed by atoms with van der Waals surface area (Å²) in [6, 6.07) is 0. The molecule has 9 N–H and O–H groups in total. The molecule has 0 aliphatic carbocycles. The van der Waals surface area contributed by atoms with Gasteiger partial charge in [-0.15, -0.1) is 4.52 Å². The van der Waals surface area contributed by atoms with E-state index in [9.17, 15) is 34.1 Å². The van der Waals surface area contributed by atoms with Crippen molar-refractivity contribution in [3.8, 4) is 0 Å². The van der Waals surface area contributed by atoms with Crippen molar-refractivity contribution in [2.75, 3.05) is 18.1 Å². The van der Waals surface area contributed by atoms with Crippen molar-refractivity contribution in [3.05, 3.63) is 45.4 Å². The van der Waals surface area contributed by atoms with Crippen molar-refractivity contribution in [1.82, 2.24) is 39.0 Å². The summed E-state index contributed by atoms with van der Waals surface area (Å²) in [4.78, 5) is 70.3. The number of esters is 1. The van der Waals surface area contributed by atoms with Crippen molar-refractivity contribution < 1.29 is 52.2 Å². The van der Waals surface area contributed by atoms with Crippen LogP contribution in [-0.4, -0.2) is 97.2 Å². The molecule has 6 heterocycles. The molecule has 6 rings (SSSR count). The third-order valence-corrected chi connectivity index (χ3v) is 12.2. The zero-order valence-electron chi connectivity index (χ0n) is 33.0. The second kappa shape index (κ2) is 20.9. The van der Waals surface area contributed by atoms with E-state index < -0.39 is 80.6 Å². The number of carbonyl (C=O) groups excluding carboxylic acids is 1. The molecule has 9 atom stereocenters.